The number of nitrogens with zero attached hydrogens (tertiary/aromatic N) is 1. The largest absolute Gasteiger partial charge is 0.352 e. The molecule has 1 amide bonds. The zero-order valence-electron chi connectivity index (χ0n) is 10.6. The van der Waals surface area contributed by atoms with Gasteiger partial charge in [-0.2, -0.15) is 0 Å². The van der Waals surface area contributed by atoms with Crippen LogP contribution in [0.4, 0.5) is 0 Å². The zero-order valence-corrected chi connectivity index (χ0v) is 10.6. The molecule has 1 fully saturated rings. The Morgan fingerprint density at radius 3 is 2.63 bits per heavy atom. The van der Waals surface area contributed by atoms with Gasteiger partial charge in [-0.05, 0) is 35.6 Å². The molecule has 0 bridgehead atoms. The van der Waals surface area contributed by atoms with Gasteiger partial charge in [0.25, 0.3) is 0 Å². The summed E-state index contributed by atoms with van der Waals surface area (Å²) in [5, 5.41) is 2.99. The molecule has 96 valence electrons. The summed E-state index contributed by atoms with van der Waals surface area (Å²) in [6, 6.07) is 14.1. The normalized spacial score (nSPS) is 20.8. The van der Waals surface area contributed by atoms with Crippen LogP contribution < -0.4 is 5.32 Å². The molecule has 1 heterocycles. The summed E-state index contributed by atoms with van der Waals surface area (Å²) in [4.78, 5) is 16.0. The highest BCUT2D eigenvalue weighted by Gasteiger charge is 2.43. The van der Waals surface area contributed by atoms with Crippen LogP contribution in [-0.2, 0) is 11.3 Å². The van der Waals surface area contributed by atoms with Gasteiger partial charge in [0.2, 0.25) is 5.91 Å². The van der Waals surface area contributed by atoms with Gasteiger partial charge < -0.3 is 5.32 Å². The lowest BCUT2D eigenvalue weighted by molar-refractivity contribution is -0.122. The molecule has 1 aromatic carbocycles. The first-order valence-corrected chi connectivity index (χ1v) is 6.56. The smallest absolute Gasteiger partial charge is 0.224 e. The number of rotatable bonds is 4. The minimum absolute atomic E-state index is 0.143. The fourth-order valence-electron chi connectivity index (χ4n) is 2.37. The number of aromatic nitrogens is 1. The summed E-state index contributed by atoms with van der Waals surface area (Å²) >= 11 is 0. The maximum Gasteiger partial charge on any atom is 0.224 e. The molecule has 1 saturated carbocycles. The second-order valence-corrected chi connectivity index (χ2v) is 4.93. The predicted molar refractivity (Wildman–Crippen MR) is 73.4 cm³/mol. The SMILES string of the molecule is O=C(NCc1ccncc1)[C@H]1C[C@@H]1c1ccccc1. The Morgan fingerprint density at radius 2 is 1.89 bits per heavy atom. The van der Waals surface area contributed by atoms with E-state index >= 15 is 0 Å². The van der Waals surface area contributed by atoms with Gasteiger partial charge in [0.05, 0.1) is 0 Å². The monoisotopic (exact) mass is 252 g/mol. The second kappa shape index (κ2) is 5.22. The van der Waals surface area contributed by atoms with E-state index in [0.717, 1.165) is 12.0 Å². The van der Waals surface area contributed by atoms with E-state index in [1.54, 1.807) is 12.4 Å². The first-order valence-electron chi connectivity index (χ1n) is 6.56. The van der Waals surface area contributed by atoms with Gasteiger partial charge in [-0.25, -0.2) is 0 Å². The molecule has 2 aromatic rings. The number of carbonyl (C=O) groups is 1. The van der Waals surface area contributed by atoms with E-state index in [1.165, 1.54) is 5.56 Å². The summed E-state index contributed by atoms with van der Waals surface area (Å²) in [5.41, 5.74) is 2.35. The Balaban J connectivity index is 1.53. The lowest BCUT2D eigenvalue weighted by atomic mass is 10.1. The maximum atomic E-state index is 12.0. The Hall–Kier alpha value is -2.16. The van der Waals surface area contributed by atoms with Gasteiger partial charge in [0, 0.05) is 24.9 Å². The Morgan fingerprint density at radius 1 is 1.16 bits per heavy atom. The summed E-state index contributed by atoms with van der Waals surface area (Å²) < 4.78 is 0. The van der Waals surface area contributed by atoms with Crippen molar-refractivity contribution >= 4 is 5.91 Å². The molecular weight excluding hydrogens is 236 g/mol. The summed E-state index contributed by atoms with van der Waals surface area (Å²) in [6.07, 6.45) is 4.45. The molecule has 3 rings (SSSR count). The van der Waals surface area contributed by atoms with Crippen molar-refractivity contribution in [1.29, 1.82) is 0 Å². The number of benzene rings is 1. The van der Waals surface area contributed by atoms with Crippen LogP contribution in [0.15, 0.2) is 54.9 Å². The van der Waals surface area contributed by atoms with Crippen LogP contribution in [0, 0.1) is 5.92 Å². The van der Waals surface area contributed by atoms with Gasteiger partial charge in [0.15, 0.2) is 0 Å². The van der Waals surface area contributed by atoms with Gasteiger partial charge in [-0.3, -0.25) is 9.78 Å². The fourth-order valence-corrected chi connectivity index (χ4v) is 2.37. The van der Waals surface area contributed by atoms with Crippen molar-refractivity contribution < 1.29 is 4.79 Å². The van der Waals surface area contributed by atoms with E-state index in [4.69, 9.17) is 0 Å². The second-order valence-electron chi connectivity index (χ2n) is 4.93. The number of pyridine rings is 1. The van der Waals surface area contributed by atoms with Crippen molar-refractivity contribution in [3.63, 3.8) is 0 Å². The summed E-state index contributed by atoms with van der Waals surface area (Å²) in [6.45, 7) is 0.583. The Bertz CT molecular complexity index is 553. The van der Waals surface area contributed by atoms with Gasteiger partial charge in [-0.15, -0.1) is 0 Å². The Labute approximate surface area is 112 Å². The highest BCUT2D eigenvalue weighted by Crippen LogP contribution is 2.47. The van der Waals surface area contributed by atoms with Gasteiger partial charge in [-0.1, -0.05) is 30.3 Å². The molecular formula is C16H16N2O. The topological polar surface area (TPSA) is 42.0 Å². The fraction of sp³-hybridized carbons (Fsp3) is 0.250. The third-order valence-electron chi connectivity index (χ3n) is 3.57. The molecule has 1 aliphatic carbocycles. The molecule has 3 nitrogen and oxygen atoms in total. The van der Waals surface area contributed by atoms with Crippen LogP contribution in [-0.4, -0.2) is 10.9 Å². The van der Waals surface area contributed by atoms with Crippen LogP contribution in [0.1, 0.15) is 23.5 Å². The van der Waals surface area contributed by atoms with E-state index in [9.17, 15) is 4.79 Å². The van der Waals surface area contributed by atoms with E-state index in [2.05, 4.69) is 22.4 Å². The third kappa shape index (κ3) is 2.81. The van der Waals surface area contributed by atoms with Crippen molar-refractivity contribution in [1.82, 2.24) is 10.3 Å². The summed E-state index contributed by atoms with van der Waals surface area (Å²) in [5.74, 6) is 0.702. The molecule has 3 heteroatoms. The van der Waals surface area contributed by atoms with E-state index in [1.807, 2.05) is 30.3 Å². The minimum Gasteiger partial charge on any atom is -0.352 e. The molecule has 19 heavy (non-hydrogen) atoms. The highest BCUT2D eigenvalue weighted by atomic mass is 16.2. The standard InChI is InChI=1S/C16H16N2O/c19-16(18-11-12-6-8-17-9-7-12)15-10-14(15)13-4-2-1-3-5-13/h1-9,14-15H,10-11H2,(H,18,19)/t14-,15+/m1/s1. The molecule has 1 aliphatic rings. The maximum absolute atomic E-state index is 12.0. The van der Waals surface area contributed by atoms with Gasteiger partial charge in [0.1, 0.15) is 0 Å². The Kier molecular flexibility index (Phi) is 3.27. The van der Waals surface area contributed by atoms with Crippen molar-refractivity contribution in [3.8, 4) is 0 Å². The van der Waals surface area contributed by atoms with Crippen molar-refractivity contribution in [2.45, 2.75) is 18.9 Å². The quantitative estimate of drug-likeness (QED) is 0.908. The van der Waals surface area contributed by atoms with Crippen LogP contribution in [0.2, 0.25) is 0 Å². The van der Waals surface area contributed by atoms with Crippen molar-refractivity contribution in [2.75, 3.05) is 0 Å². The summed E-state index contributed by atoms with van der Waals surface area (Å²) in [7, 11) is 0. The average molecular weight is 252 g/mol. The first-order chi connectivity index (χ1) is 9.34. The van der Waals surface area contributed by atoms with Gasteiger partial charge >= 0.3 is 0 Å². The molecule has 0 saturated heterocycles. The number of carbonyl (C=O) groups excluding carboxylic acids is 1. The molecule has 0 spiro atoms. The molecule has 0 radical (unpaired) electrons. The number of amides is 1. The van der Waals surface area contributed by atoms with E-state index in [0.29, 0.717) is 12.5 Å². The lowest BCUT2D eigenvalue weighted by Gasteiger charge is -2.05. The number of nitrogens with one attached hydrogen (secondary N) is 1. The van der Waals surface area contributed by atoms with Crippen LogP contribution in [0.3, 0.4) is 0 Å². The van der Waals surface area contributed by atoms with Crippen LogP contribution >= 0.6 is 0 Å². The van der Waals surface area contributed by atoms with Crippen molar-refractivity contribution in [2.24, 2.45) is 5.92 Å². The molecule has 2 atom stereocenters. The van der Waals surface area contributed by atoms with Crippen LogP contribution in [0.25, 0.3) is 0 Å². The molecule has 0 aliphatic heterocycles. The van der Waals surface area contributed by atoms with E-state index in [-0.39, 0.29) is 11.8 Å². The zero-order chi connectivity index (χ0) is 13.1. The van der Waals surface area contributed by atoms with Crippen LogP contribution in [0.5, 0.6) is 0 Å². The first kappa shape index (κ1) is 11.9. The highest BCUT2D eigenvalue weighted by molar-refractivity contribution is 5.82. The van der Waals surface area contributed by atoms with Crippen molar-refractivity contribution in [3.05, 3.63) is 66.0 Å². The van der Waals surface area contributed by atoms with E-state index < -0.39 is 0 Å². The average Bonchev–Trinajstić information content (AvgIpc) is 3.27. The molecule has 1 aromatic heterocycles. The predicted octanol–water partition coefficient (Wildman–Crippen LogP) is 2.50. The molecule has 1 N–H and O–H groups in total. The number of hydrogen-bond donors (Lipinski definition) is 1. The minimum atomic E-state index is 0.143. The third-order valence-corrected chi connectivity index (χ3v) is 3.57. The lowest BCUT2D eigenvalue weighted by Crippen LogP contribution is -2.24. The molecule has 0 unspecified atom stereocenters. The number of hydrogen-bond acceptors (Lipinski definition) is 2.